The zero-order valence-electron chi connectivity index (χ0n) is 24.5. The van der Waals surface area contributed by atoms with Crippen LogP contribution in [0.15, 0.2) is 64.9 Å². The number of likely N-dealkylation sites (tertiary alicyclic amines) is 1. The van der Waals surface area contributed by atoms with Crippen LogP contribution in [-0.2, 0) is 11.3 Å². The summed E-state index contributed by atoms with van der Waals surface area (Å²) in [5, 5.41) is 7.45. The van der Waals surface area contributed by atoms with Crippen molar-refractivity contribution < 1.29 is 9.53 Å². The normalized spacial score (nSPS) is 17.8. The Labute approximate surface area is 258 Å². The van der Waals surface area contributed by atoms with Gasteiger partial charge in [-0.25, -0.2) is 14.3 Å². The van der Waals surface area contributed by atoms with Gasteiger partial charge in [0.25, 0.3) is 11.5 Å². The molecule has 1 N–H and O–H groups in total. The first-order chi connectivity index (χ1) is 21.5. The molecule has 224 valence electrons. The zero-order chi connectivity index (χ0) is 29.8. The third-order valence-electron chi connectivity index (χ3n) is 9.02. The Morgan fingerprint density at radius 2 is 1.91 bits per heavy atom. The SMILES string of the molecule is CN1CCC(c2csc3cc(Nc4ncc5c(=O)n6n(c5n4)-c4ccc5c(c4)N(CCCC=CC6)C(=O)CO5)ccc23)CC1. The highest BCUT2D eigenvalue weighted by molar-refractivity contribution is 7.17. The summed E-state index contributed by atoms with van der Waals surface area (Å²) in [4.78, 5) is 40.0. The van der Waals surface area contributed by atoms with Crippen LogP contribution in [0.4, 0.5) is 17.3 Å². The van der Waals surface area contributed by atoms with Gasteiger partial charge in [0.15, 0.2) is 12.3 Å². The summed E-state index contributed by atoms with van der Waals surface area (Å²) in [7, 11) is 2.20. The number of hydrogen-bond donors (Lipinski definition) is 1. The standard InChI is InChI=1S/C33H33N7O3S/c1-37-14-10-21(11-15-37)26-20-44-29-16-22(6-8-24(26)29)35-33-34-18-25-31(36-33)40-23-7-9-28-27(17-23)38(30(41)19-43-28)12-4-2-3-5-13-39(40)32(25)42/h3,5-9,16-18,20-21H,2,4,10-15,19H2,1H3,(H,34,35,36). The Morgan fingerprint density at radius 3 is 2.80 bits per heavy atom. The molecule has 3 aliphatic rings. The molecule has 10 nitrogen and oxygen atoms in total. The van der Waals surface area contributed by atoms with Gasteiger partial charge >= 0.3 is 0 Å². The topological polar surface area (TPSA) is 97.5 Å². The van der Waals surface area contributed by atoms with Crippen LogP contribution in [0.25, 0.3) is 26.8 Å². The molecule has 0 saturated carbocycles. The number of thiophene rings is 1. The highest BCUT2D eigenvalue weighted by Gasteiger charge is 2.27. The van der Waals surface area contributed by atoms with Gasteiger partial charge in [-0.1, -0.05) is 18.2 Å². The van der Waals surface area contributed by atoms with Crippen molar-refractivity contribution in [2.75, 3.05) is 43.5 Å². The van der Waals surface area contributed by atoms with E-state index in [2.05, 4.69) is 51.9 Å². The van der Waals surface area contributed by atoms with E-state index in [4.69, 9.17) is 9.72 Å². The minimum Gasteiger partial charge on any atom is -0.482 e. The second kappa shape index (κ2) is 10.9. The van der Waals surface area contributed by atoms with Gasteiger partial charge in [0.1, 0.15) is 11.1 Å². The molecule has 1 fully saturated rings. The lowest BCUT2D eigenvalue weighted by Crippen LogP contribution is -2.39. The molecule has 1 saturated heterocycles. The number of fused-ring (bicyclic) bond motifs is 6. The van der Waals surface area contributed by atoms with E-state index < -0.39 is 0 Å². The molecule has 1 amide bonds. The van der Waals surface area contributed by atoms with E-state index in [-0.39, 0.29) is 18.1 Å². The average molecular weight is 608 g/mol. The molecule has 0 unspecified atom stereocenters. The maximum absolute atomic E-state index is 13.6. The van der Waals surface area contributed by atoms with E-state index in [0.29, 0.717) is 47.4 Å². The molecule has 0 spiro atoms. The van der Waals surface area contributed by atoms with Crippen LogP contribution in [0.1, 0.15) is 37.2 Å². The molecule has 3 aliphatic heterocycles. The minimum atomic E-state index is -0.170. The van der Waals surface area contributed by atoms with Gasteiger partial charge in [-0.15, -0.1) is 11.3 Å². The lowest BCUT2D eigenvalue weighted by atomic mass is 9.89. The van der Waals surface area contributed by atoms with Crippen molar-refractivity contribution in [2.24, 2.45) is 0 Å². The predicted molar refractivity (Wildman–Crippen MR) is 174 cm³/mol. The molecule has 2 bridgehead atoms. The van der Waals surface area contributed by atoms with Crippen molar-refractivity contribution in [3.63, 3.8) is 0 Å². The molecule has 3 aromatic heterocycles. The number of carbonyl (C=O) groups excluding carboxylic acids is 1. The molecular formula is C33H33N7O3S. The number of carbonyl (C=O) groups is 1. The quantitative estimate of drug-likeness (QED) is 0.274. The van der Waals surface area contributed by atoms with Crippen LogP contribution >= 0.6 is 11.3 Å². The number of amides is 1. The largest absolute Gasteiger partial charge is 0.482 e. The van der Waals surface area contributed by atoms with E-state index in [1.807, 2.05) is 29.0 Å². The number of rotatable bonds is 3. The summed E-state index contributed by atoms with van der Waals surface area (Å²) < 4.78 is 10.5. The van der Waals surface area contributed by atoms with Crippen LogP contribution in [0.3, 0.4) is 0 Å². The van der Waals surface area contributed by atoms with Crippen molar-refractivity contribution in [3.05, 3.63) is 76.0 Å². The van der Waals surface area contributed by atoms with Crippen LogP contribution in [0, 0.1) is 0 Å². The summed E-state index contributed by atoms with van der Waals surface area (Å²) in [5.74, 6) is 1.60. The molecule has 5 aromatic rings. The van der Waals surface area contributed by atoms with Crippen molar-refractivity contribution in [1.82, 2.24) is 24.2 Å². The molecule has 6 heterocycles. The van der Waals surface area contributed by atoms with Crippen molar-refractivity contribution in [1.29, 1.82) is 0 Å². The number of piperidine rings is 1. The van der Waals surface area contributed by atoms with Gasteiger partial charge in [-0.3, -0.25) is 9.59 Å². The number of anilines is 3. The number of nitrogens with one attached hydrogen (secondary N) is 1. The lowest BCUT2D eigenvalue weighted by molar-refractivity contribution is -0.121. The van der Waals surface area contributed by atoms with Crippen LogP contribution in [-0.4, -0.2) is 63.4 Å². The third kappa shape index (κ3) is 4.67. The fourth-order valence-corrected chi connectivity index (χ4v) is 7.72. The van der Waals surface area contributed by atoms with Gasteiger partial charge in [0, 0.05) is 23.1 Å². The highest BCUT2D eigenvalue weighted by atomic mass is 32.1. The first-order valence-electron chi connectivity index (χ1n) is 15.2. The smallest absolute Gasteiger partial charge is 0.278 e. The Morgan fingerprint density at radius 1 is 1.02 bits per heavy atom. The fraction of sp³-hybridized carbons (Fsp3) is 0.333. The van der Waals surface area contributed by atoms with Gasteiger partial charge in [0.2, 0.25) is 5.95 Å². The molecule has 44 heavy (non-hydrogen) atoms. The number of allylic oxidation sites excluding steroid dienone is 2. The summed E-state index contributed by atoms with van der Waals surface area (Å²) in [5.41, 5.74) is 4.11. The number of ether oxygens (including phenoxy) is 1. The first kappa shape index (κ1) is 27.1. The van der Waals surface area contributed by atoms with Crippen molar-refractivity contribution >= 4 is 55.7 Å². The number of aromatic nitrogens is 4. The summed E-state index contributed by atoms with van der Waals surface area (Å²) in [6.45, 7) is 3.30. The Hall–Kier alpha value is -4.48. The van der Waals surface area contributed by atoms with Gasteiger partial charge in [0.05, 0.1) is 17.9 Å². The second-order valence-electron chi connectivity index (χ2n) is 11.8. The van der Waals surface area contributed by atoms with Crippen LogP contribution in [0.5, 0.6) is 5.75 Å². The Balaban J connectivity index is 1.18. The number of benzene rings is 2. The van der Waals surface area contributed by atoms with Gasteiger partial charge in [-0.2, -0.15) is 4.98 Å². The molecule has 11 heteroatoms. The summed E-state index contributed by atoms with van der Waals surface area (Å²) in [6.07, 6.45) is 9.67. The average Bonchev–Trinajstić information content (AvgIpc) is 3.57. The van der Waals surface area contributed by atoms with E-state index in [9.17, 15) is 9.59 Å². The molecular weight excluding hydrogens is 574 g/mol. The Kier molecular flexibility index (Phi) is 6.71. The summed E-state index contributed by atoms with van der Waals surface area (Å²) in [6, 6.07) is 12.1. The van der Waals surface area contributed by atoms with E-state index >= 15 is 0 Å². The Bertz CT molecular complexity index is 2000. The second-order valence-corrected chi connectivity index (χ2v) is 12.7. The van der Waals surface area contributed by atoms with Crippen molar-refractivity contribution in [3.8, 4) is 11.4 Å². The highest BCUT2D eigenvalue weighted by Crippen LogP contribution is 2.38. The molecule has 0 radical (unpaired) electrons. The maximum Gasteiger partial charge on any atom is 0.278 e. The first-order valence-corrected chi connectivity index (χ1v) is 16.1. The van der Waals surface area contributed by atoms with E-state index in [1.165, 1.54) is 28.5 Å². The predicted octanol–water partition coefficient (Wildman–Crippen LogP) is 5.43. The molecule has 2 aromatic carbocycles. The lowest BCUT2D eigenvalue weighted by Gasteiger charge is -2.30. The van der Waals surface area contributed by atoms with Crippen LogP contribution < -0.4 is 20.5 Å². The fourth-order valence-electron chi connectivity index (χ4n) is 6.63. The minimum absolute atomic E-state index is 0.0261. The number of nitrogens with zero attached hydrogens (tertiary/aromatic N) is 6. The molecule has 0 aliphatic carbocycles. The summed E-state index contributed by atoms with van der Waals surface area (Å²) >= 11 is 1.78. The molecule has 0 atom stereocenters. The maximum atomic E-state index is 13.6. The molecule has 8 rings (SSSR count). The van der Waals surface area contributed by atoms with E-state index in [1.54, 1.807) is 27.1 Å². The monoisotopic (exact) mass is 607 g/mol. The van der Waals surface area contributed by atoms with E-state index in [0.717, 1.165) is 37.3 Å². The van der Waals surface area contributed by atoms with Crippen LogP contribution in [0.2, 0.25) is 0 Å². The zero-order valence-corrected chi connectivity index (χ0v) is 25.3. The van der Waals surface area contributed by atoms with Gasteiger partial charge in [-0.05, 0) is 98.4 Å². The van der Waals surface area contributed by atoms with Crippen molar-refractivity contribution in [2.45, 2.75) is 38.1 Å². The third-order valence-corrected chi connectivity index (χ3v) is 9.99. The number of hydrogen-bond acceptors (Lipinski definition) is 8. The van der Waals surface area contributed by atoms with Gasteiger partial charge < -0.3 is 19.9 Å².